The van der Waals surface area contributed by atoms with E-state index in [1.54, 1.807) is 12.1 Å². The number of fused-ring (bicyclic) bond motifs is 1. The van der Waals surface area contributed by atoms with E-state index in [4.69, 9.17) is 23.2 Å². The Kier molecular flexibility index (Phi) is 4.38. The van der Waals surface area contributed by atoms with Crippen molar-refractivity contribution in [1.29, 1.82) is 0 Å². The lowest BCUT2D eigenvalue weighted by atomic mass is 9.89. The summed E-state index contributed by atoms with van der Waals surface area (Å²) in [7, 11) is 0. The number of alkyl halides is 1. The Morgan fingerprint density at radius 1 is 1.50 bits per heavy atom. The molecule has 2 atom stereocenters. The van der Waals surface area contributed by atoms with Crippen molar-refractivity contribution in [3.05, 3.63) is 28.8 Å². The molecule has 22 heavy (non-hydrogen) atoms. The Morgan fingerprint density at radius 3 is 2.82 bits per heavy atom. The lowest BCUT2D eigenvalue weighted by Crippen LogP contribution is -2.56. The molecule has 120 valence electrons. The van der Waals surface area contributed by atoms with Gasteiger partial charge in [-0.05, 0) is 37.8 Å². The standard InChI is InChI=1S/C16H20Cl2N2O2/c1-16(20(8-10-2-3-10)12(7-17)9-21)13-5-4-11(18)6-14(13)19-15(16)22/h4-6,10,12,21H,2-3,7-9H2,1H3,(H,19,22)/t12-,16+/m1/s1. The minimum Gasteiger partial charge on any atom is -0.395 e. The van der Waals surface area contributed by atoms with Crippen LogP contribution in [0, 0.1) is 5.92 Å². The lowest BCUT2D eigenvalue weighted by Gasteiger charge is -2.41. The van der Waals surface area contributed by atoms with Crippen molar-refractivity contribution >= 4 is 34.8 Å². The smallest absolute Gasteiger partial charge is 0.249 e. The maximum atomic E-state index is 12.7. The van der Waals surface area contributed by atoms with E-state index in [1.165, 1.54) is 12.8 Å². The van der Waals surface area contributed by atoms with Crippen LogP contribution < -0.4 is 5.32 Å². The Balaban J connectivity index is 2.03. The van der Waals surface area contributed by atoms with Crippen LogP contribution in [-0.4, -0.2) is 41.0 Å². The Labute approximate surface area is 140 Å². The average Bonchev–Trinajstić information content (AvgIpc) is 3.27. The zero-order valence-corrected chi connectivity index (χ0v) is 14.0. The molecule has 0 radical (unpaired) electrons. The molecule has 4 nitrogen and oxygen atoms in total. The van der Waals surface area contributed by atoms with Crippen LogP contribution in [0.25, 0.3) is 0 Å². The highest BCUT2D eigenvalue weighted by Gasteiger charge is 2.50. The van der Waals surface area contributed by atoms with E-state index >= 15 is 0 Å². The number of aliphatic hydroxyl groups excluding tert-OH is 1. The van der Waals surface area contributed by atoms with Gasteiger partial charge in [0, 0.05) is 34.7 Å². The molecule has 0 spiro atoms. The predicted molar refractivity (Wildman–Crippen MR) is 88.5 cm³/mol. The van der Waals surface area contributed by atoms with Crippen molar-refractivity contribution in [1.82, 2.24) is 4.90 Å². The quantitative estimate of drug-likeness (QED) is 0.781. The van der Waals surface area contributed by atoms with Crippen LogP contribution >= 0.6 is 23.2 Å². The van der Waals surface area contributed by atoms with E-state index < -0.39 is 5.54 Å². The molecule has 0 saturated heterocycles. The zero-order valence-electron chi connectivity index (χ0n) is 12.5. The summed E-state index contributed by atoms with van der Waals surface area (Å²) in [5, 5.41) is 13.2. The second kappa shape index (κ2) is 6.00. The number of amides is 1. The minimum absolute atomic E-state index is 0.0674. The van der Waals surface area contributed by atoms with Crippen molar-refractivity contribution in [3.8, 4) is 0 Å². The number of aliphatic hydroxyl groups is 1. The molecule has 1 heterocycles. The summed E-state index contributed by atoms with van der Waals surface area (Å²) < 4.78 is 0. The summed E-state index contributed by atoms with van der Waals surface area (Å²) in [6, 6.07) is 5.20. The number of carbonyl (C=O) groups excluding carboxylic acids is 1. The number of halogens is 2. The van der Waals surface area contributed by atoms with Gasteiger partial charge in [0.25, 0.3) is 0 Å². The molecule has 0 aromatic heterocycles. The fourth-order valence-corrected chi connectivity index (χ4v) is 3.64. The summed E-state index contributed by atoms with van der Waals surface area (Å²) in [4.78, 5) is 14.8. The Bertz CT molecular complexity index is 588. The van der Waals surface area contributed by atoms with Gasteiger partial charge in [-0.2, -0.15) is 0 Å². The van der Waals surface area contributed by atoms with Crippen molar-refractivity contribution in [2.24, 2.45) is 5.92 Å². The van der Waals surface area contributed by atoms with Crippen LogP contribution in [0.5, 0.6) is 0 Å². The van der Waals surface area contributed by atoms with E-state index in [2.05, 4.69) is 10.2 Å². The maximum absolute atomic E-state index is 12.7. The number of anilines is 1. The molecule has 6 heteroatoms. The largest absolute Gasteiger partial charge is 0.395 e. The summed E-state index contributed by atoms with van der Waals surface area (Å²) in [6.45, 7) is 2.60. The summed E-state index contributed by atoms with van der Waals surface area (Å²) in [6.07, 6.45) is 2.34. The molecule has 1 aromatic carbocycles. The van der Waals surface area contributed by atoms with Crippen LogP contribution in [-0.2, 0) is 10.3 Å². The van der Waals surface area contributed by atoms with Crippen molar-refractivity contribution in [2.75, 3.05) is 24.3 Å². The van der Waals surface area contributed by atoms with E-state index in [0.29, 0.717) is 10.9 Å². The summed E-state index contributed by atoms with van der Waals surface area (Å²) >= 11 is 12.1. The lowest BCUT2D eigenvalue weighted by molar-refractivity contribution is -0.129. The third-order valence-corrected chi connectivity index (χ3v) is 5.34. The monoisotopic (exact) mass is 342 g/mol. The Hall–Kier alpha value is -0.810. The van der Waals surface area contributed by atoms with Gasteiger partial charge in [0.2, 0.25) is 5.91 Å². The topological polar surface area (TPSA) is 52.6 Å². The summed E-state index contributed by atoms with van der Waals surface area (Å²) in [5.41, 5.74) is 0.809. The number of benzene rings is 1. The molecule has 3 rings (SSSR count). The van der Waals surface area contributed by atoms with Gasteiger partial charge in [-0.1, -0.05) is 17.7 Å². The number of rotatable bonds is 6. The number of carbonyl (C=O) groups is 1. The van der Waals surface area contributed by atoms with Gasteiger partial charge in [0.1, 0.15) is 5.54 Å². The Morgan fingerprint density at radius 2 is 2.23 bits per heavy atom. The first kappa shape index (κ1) is 16.1. The molecule has 1 saturated carbocycles. The first-order valence-electron chi connectivity index (χ1n) is 7.55. The van der Waals surface area contributed by atoms with Gasteiger partial charge < -0.3 is 10.4 Å². The van der Waals surface area contributed by atoms with Crippen molar-refractivity contribution < 1.29 is 9.90 Å². The number of nitrogens with one attached hydrogen (secondary N) is 1. The SMILES string of the molecule is C[C@@]1(N(CC2CC2)[C@@H](CO)CCl)C(=O)Nc2cc(Cl)ccc21. The fourth-order valence-electron chi connectivity index (χ4n) is 3.20. The van der Waals surface area contributed by atoms with E-state index in [1.807, 2.05) is 13.0 Å². The first-order valence-corrected chi connectivity index (χ1v) is 8.47. The molecule has 1 amide bonds. The number of nitrogens with zero attached hydrogens (tertiary/aromatic N) is 1. The van der Waals surface area contributed by atoms with Crippen LogP contribution in [0.1, 0.15) is 25.3 Å². The van der Waals surface area contributed by atoms with Gasteiger partial charge in [0.15, 0.2) is 0 Å². The number of hydrogen-bond acceptors (Lipinski definition) is 3. The van der Waals surface area contributed by atoms with Crippen LogP contribution in [0.2, 0.25) is 5.02 Å². The molecule has 0 bridgehead atoms. The van der Waals surface area contributed by atoms with E-state index in [9.17, 15) is 9.90 Å². The van der Waals surface area contributed by atoms with Gasteiger partial charge >= 0.3 is 0 Å². The molecule has 2 aliphatic rings. The van der Waals surface area contributed by atoms with Gasteiger partial charge in [-0.15, -0.1) is 11.6 Å². The predicted octanol–water partition coefficient (Wildman–Crippen LogP) is 2.82. The normalized spacial score (nSPS) is 25.2. The number of hydrogen-bond donors (Lipinski definition) is 2. The van der Waals surface area contributed by atoms with Crippen LogP contribution in [0.4, 0.5) is 5.69 Å². The molecule has 1 aromatic rings. The van der Waals surface area contributed by atoms with E-state index in [0.717, 1.165) is 17.8 Å². The molecule has 1 aliphatic heterocycles. The highest BCUT2D eigenvalue weighted by atomic mass is 35.5. The molecule has 1 aliphatic carbocycles. The van der Waals surface area contributed by atoms with Crippen molar-refractivity contribution in [3.63, 3.8) is 0 Å². The van der Waals surface area contributed by atoms with Gasteiger partial charge in [-0.25, -0.2) is 0 Å². The van der Waals surface area contributed by atoms with Gasteiger partial charge in [0.05, 0.1) is 6.61 Å². The molecular formula is C16H20Cl2N2O2. The third kappa shape index (κ3) is 2.62. The molecule has 0 unspecified atom stereocenters. The van der Waals surface area contributed by atoms with Crippen molar-refractivity contribution in [2.45, 2.75) is 31.3 Å². The highest BCUT2D eigenvalue weighted by molar-refractivity contribution is 6.31. The van der Waals surface area contributed by atoms with Crippen LogP contribution in [0.15, 0.2) is 18.2 Å². The van der Waals surface area contributed by atoms with Crippen LogP contribution in [0.3, 0.4) is 0 Å². The molecule has 2 N–H and O–H groups in total. The molecular weight excluding hydrogens is 323 g/mol. The summed E-state index contributed by atoms with van der Waals surface area (Å²) in [5.74, 6) is 0.780. The molecule has 1 fully saturated rings. The zero-order chi connectivity index (χ0) is 15.9. The highest BCUT2D eigenvalue weighted by Crippen LogP contribution is 2.44. The fraction of sp³-hybridized carbons (Fsp3) is 0.562. The minimum atomic E-state index is -0.829. The maximum Gasteiger partial charge on any atom is 0.249 e. The first-order chi connectivity index (χ1) is 10.5. The van der Waals surface area contributed by atoms with Gasteiger partial charge in [-0.3, -0.25) is 9.69 Å². The second-order valence-electron chi connectivity index (χ2n) is 6.30. The van der Waals surface area contributed by atoms with E-state index in [-0.39, 0.29) is 24.4 Å². The second-order valence-corrected chi connectivity index (χ2v) is 7.05. The third-order valence-electron chi connectivity index (χ3n) is 4.75. The average molecular weight is 343 g/mol.